The molecule has 0 aliphatic carbocycles. The third-order valence-corrected chi connectivity index (χ3v) is 6.21. The first-order chi connectivity index (χ1) is 15.4. The van der Waals surface area contributed by atoms with E-state index < -0.39 is 0 Å². The van der Waals surface area contributed by atoms with Gasteiger partial charge in [-0.05, 0) is 62.3 Å². The maximum atomic E-state index is 5.99. The molecule has 0 fully saturated rings. The lowest BCUT2D eigenvalue weighted by atomic mass is 10.0. The van der Waals surface area contributed by atoms with Crippen molar-refractivity contribution in [1.82, 2.24) is 0 Å². The predicted octanol–water partition coefficient (Wildman–Crippen LogP) is 8.45. The van der Waals surface area contributed by atoms with E-state index in [9.17, 15) is 0 Å². The average molecular weight is 420 g/mol. The largest absolute Gasteiger partial charge is 0.473 e. The molecule has 1 aliphatic rings. The van der Waals surface area contributed by atoms with Gasteiger partial charge in [0.05, 0.1) is 0 Å². The third kappa shape index (κ3) is 8.44. The minimum Gasteiger partial charge on any atom is -0.473 e. The zero-order valence-electron chi connectivity index (χ0n) is 19.5. The van der Waals surface area contributed by atoms with Crippen LogP contribution >= 0.6 is 0 Å². The molecule has 0 atom stereocenters. The van der Waals surface area contributed by atoms with Crippen LogP contribution in [-0.2, 0) is 13.0 Å². The van der Waals surface area contributed by atoms with Gasteiger partial charge in [-0.2, -0.15) is 0 Å². The van der Waals surface area contributed by atoms with Crippen LogP contribution in [0.4, 0.5) is 5.69 Å². The maximum Gasteiger partial charge on any atom is 0.161 e. The Kier molecular flexibility index (Phi) is 10.6. The van der Waals surface area contributed by atoms with Crippen molar-refractivity contribution in [3.8, 4) is 5.75 Å². The average Bonchev–Trinajstić information content (AvgIpc) is 2.82. The van der Waals surface area contributed by atoms with Gasteiger partial charge < -0.3 is 9.64 Å². The smallest absolute Gasteiger partial charge is 0.161 e. The van der Waals surface area contributed by atoms with Crippen LogP contribution in [0.1, 0.15) is 88.7 Å². The van der Waals surface area contributed by atoms with Crippen molar-refractivity contribution in [3.05, 3.63) is 71.8 Å². The molecule has 0 saturated carbocycles. The summed E-state index contributed by atoms with van der Waals surface area (Å²) in [5, 5.41) is 0. The van der Waals surface area contributed by atoms with Crippen LogP contribution in [0.25, 0.3) is 0 Å². The predicted molar refractivity (Wildman–Crippen MR) is 134 cm³/mol. The number of rotatable bonds is 14. The Hall–Kier alpha value is -2.22. The molecule has 1 aliphatic heterocycles. The second-order valence-corrected chi connectivity index (χ2v) is 8.88. The van der Waals surface area contributed by atoms with Crippen LogP contribution < -0.4 is 9.64 Å². The highest BCUT2D eigenvalue weighted by atomic mass is 16.5. The highest BCUT2D eigenvalue weighted by Crippen LogP contribution is 2.29. The highest BCUT2D eigenvalue weighted by molar-refractivity contribution is 5.50. The number of aryl methyl sites for hydroxylation is 1. The van der Waals surface area contributed by atoms with Gasteiger partial charge in [0.1, 0.15) is 5.75 Å². The zero-order valence-corrected chi connectivity index (χ0v) is 19.5. The topological polar surface area (TPSA) is 12.5 Å². The van der Waals surface area contributed by atoms with Gasteiger partial charge in [0.25, 0.3) is 0 Å². The second-order valence-electron chi connectivity index (χ2n) is 8.88. The first-order valence-electron chi connectivity index (χ1n) is 12.6. The van der Waals surface area contributed by atoms with Crippen molar-refractivity contribution in [2.24, 2.45) is 0 Å². The van der Waals surface area contributed by atoms with Gasteiger partial charge in [0, 0.05) is 17.8 Å². The van der Waals surface area contributed by atoms with E-state index in [1.54, 1.807) is 0 Å². The fourth-order valence-electron chi connectivity index (χ4n) is 4.30. The summed E-state index contributed by atoms with van der Waals surface area (Å²) >= 11 is 0. The summed E-state index contributed by atoms with van der Waals surface area (Å²) < 4.78 is 5.99. The molecule has 0 N–H and O–H groups in total. The SMILES string of the molecule is CCCCCC/C=C\CCCCCCCc1ccc2c(c1)CN(c1ccccc1)CO2. The molecule has 2 heteroatoms. The summed E-state index contributed by atoms with van der Waals surface area (Å²) in [4.78, 5) is 2.30. The Bertz CT molecular complexity index is 768. The Labute approximate surface area is 190 Å². The number of para-hydroxylation sites is 1. The molecule has 168 valence electrons. The summed E-state index contributed by atoms with van der Waals surface area (Å²) in [5.74, 6) is 1.05. The molecule has 0 bridgehead atoms. The highest BCUT2D eigenvalue weighted by Gasteiger charge is 2.17. The Balaban J connectivity index is 1.28. The molecule has 31 heavy (non-hydrogen) atoms. The number of nitrogens with zero attached hydrogens (tertiary/aromatic N) is 1. The minimum absolute atomic E-state index is 0.629. The van der Waals surface area contributed by atoms with Crippen molar-refractivity contribution in [2.45, 2.75) is 90.5 Å². The van der Waals surface area contributed by atoms with Crippen LogP contribution in [-0.4, -0.2) is 6.73 Å². The molecule has 0 saturated heterocycles. The van der Waals surface area contributed by atoms with Crippen LogP contribution in [0.2, 0.25) is 0 Å². The molecule has 0 amide bonds. The van der Waals surface area contributed by atoms with Gasteiger partial charge in [-0.3, -0.25) is 0 Å². The van der Waals surface area contributed by atoms with E-state index in [4.69, 9.17) is 4.74 Å². The van der Waals surface area contributed by atoms with Gasteiger partial charge in [0.15, 0.2) is 6.73 Å². The van der Waals surface area contributed by atoms with Crippen LogP contribution in [0.5, 0.6) is 5.75 Å². The first kappa shape index (κ1) is 23.4. The third-order valence-electron chi connectivity index (χ3n) is 6.21. The summed E-state index contributed by atoms with van der Waals surface area (Å²) in [6.45, 7) is 3.83. The van der Waals surface area contributed by atoms with Crippen molar-refractivity contribution in [3.63, 3.8) is 0 Å². The molecular formula is C29H41NO. The molecule has 2 aromatic carbocycles. The van der Waals surface area contributed by atoms with Gasteiger partial charge >= 0.3 is 0 Å². The number of unbranched alkanes of at least 4 members (excludes halogenated alkanes) is 9. The Morgan fingerprint density at radius 1 is 0.806 bits per heavy atom. The van der Waals surface area contributed by atoms with E-state index in [-0.39, 0.29) is 0 Å². The van der Waals surface area contributed by atoms with E-state index in [1.807, 2.05) is 0 Å². The van der Waals surface area contributed by atoms with Gasteiger partial charge in [-0.25, -0.2) is 0 Å². The molecule has 0 radical (unpaired) electrons. The van der Waals surface area contributed by atoms with E-state index >= 15 is 0 Å². The standard InChI is InChI=1S/C29H41NO/c1-2-3-4-5-6-7-8-9-10-11-12-13-15-18-26-21-22-29-27(23-26)24-30(25-31-29)28-19-16-14-17-20-28/h7-8,14,16-17,19-23H,2-6,9-13,15,18,24-25H2,1H3/b8-7-. The van der Waals surface area contributed by atoms with Crippen molar-refractivity contribution < 1.29 is 4.74 Å². The van der Waals surface area contributed by atoms with E-state index in [0.29, 0.717) is 6.73 Å². The molecule has 0 spiro atoms. The lowest BCUT2D eigenvalue weighted by Crippen LogP contribution is -2.31. The van der Waals surface area contributed by atoms with E-state index in [1.165, 1.54) is 93.9 Å². The van der Waals surface area contributed by atoms with Gasteiger partial charge in [0.2, 0.25) is 0 Å². The van der Waals surface area contributed by atoms with Crippen molar-refractivity contribution in [2.75, 3.05) is 11.6 Å². The number of benzene rings is 2. The van der Waals surface area contributed by atoms with E-state index in [0.717, 1.165) is 12.3 Å². The molecular weight excluding hydrogens is 378 g/mol. The number of ether oxygens (including phenoxy) is 1. The zero-order chi connectivity index (χ0) is 21.6. The van der Waals surface area contributed by atoms with Crippen LogP contribution in [0.15, 0.2) is 60.7 Å². The number of hydrogen-bond donors (Lipinski definition) is 0. The van der Waals surface area contributed by atoms with Gasteiger partial charge in [-0.15, -0.1) is 0 Å². The molecule has 0 unspecified atom stereocenters. The van der Waals surface area contributed by atoms with Gasteiger partial charge in [-0.1, -0.05) is 87.9 Å². The number of anilines is 1. The van der Waals surface area contributed by atoms with Crippen molar-refractivity contribution in [1.29, 1.82) is 0 Å². The lowest BCUT2D eigenvalue weighted by Gasteiger charge is -2.31. The Morgan fingerprint density at radius 3 is 2.29 bits per heavy atom. The molecule has 3 rings (SSSR count). The summed E-state index contributed by atoms with van der Waals surface area (Å²) in [7, 11) is 0. The normalized spacial score (nSPS) is 13.4. The molecule has 0 aromatic heterocycles. The first-order valence-corrected chi connectivity index (χ1v) is 12.6. The second kappa shape index (κ2) is 14.0. The number of hydrogen-bond acceptors (Lipinski definition) is 2. The van der Waals surface area contributed by atoms with Crippen LogP contribution in [0.3, 0.4) is 0 Å². The molecule has 2 nitrogen and oxygen atoms in total. The fraction of sp³-hybridized carbons (Fsp3) is 0.517. The minimum atomic E-state index is 0.629. The summed E-state index contributed by atoms with van der Waals surface area (Å²) in [5.41, 5.74) is 3.99. The molecule has 2 aromatic rings. The van der Waals surface area contributed by atoms with Crippen molar-refractivity contribution >= 4 is 5.69 Å². The monoisotopic (exact) mass is 419 g/mol. The summed E-state index contributed by atoms with van der Waals surface area (Å²) in [6, 6.07) is 17.3. The Morgan fingerprint density at radius 2 is 1.52 bits per heavy atom. The number of fused-ring (bicyclic) bond motifs is 1. The maximum absolute atomic E-state index is 5.99. The van der Waals surface area contributed by atoms with E-state index in [2.05, 4.69) is 72.5 Å². The molecule has 1 heterocycles. The lowest BCUT2D eigenvalue weighted by molar-refractivity contribution is 0.289. The summed E-state index contributed by atoms with van der Waals surface area (Å²) in [6.07, 6.45) is 20.7. The fourth-order valence-corrected chi connectivity index (χ4v) is 4.30. The quantitative estimate of drug-likeness (QED) is 0.225. The number of allylic oxidation sites excluding steroid dienone is 2. The van der Waals surface area contributed by atoms with Crippen LogP contribution in [0, 0.1) is 0 Å².